The second kappa shape index (κ2) is 3.56. The van der Waals surface area contributed by atoms with Crippen molar-refractivity contribution in [1.82, 2.24) is 15.0 Å². The third-order valence-corrected chi connectivity index (χ3v) is 2.96. The number of hydrogen-bond donors (Lipinski definition) is 1. The van der Waals surface area contributed by atoms with E-state index < -0.39 is 0 Å². The lowest BCUT2D eigenvalue weighted by Gasteiger charge is -2.18. The quantitative estimate of drug-likeness (QED) is 0.753. The zero-order valence-electron chi connectivity index (χ0n) is 11.5. The maximum absolute atomic E-state index is 4.66. The van der Waals surface area contributed by atoms with Gasteiger partial charge in [0.25, 0.3) is 0 Å². The van der Waals surface area contributed by atoms with E-state index in [1.54, 1.807) is 0 Å². The predicted octanol–water partition coefficient (Wildman–Crippen LogP) is 3.55. The van der Waals surface area contributed by atoms with Crippen molar-refractivity contribution < 1.29 is 0 Å². The van der Waals surface area contributed by atoms with Crippen LogP contribution < -0.4 is 0 Å². The van der Waals surface area contributed by atoms with Crippen LogP contribution >= 0.6 is 0 Å². The van der Waals surface area contributed by atoms with Crippen molar-refractivity contribution in [3.05, 3.63) is 23.7 Å². The Kier molecular flexibility index (Phi) is 2.53. The highest BCUT2D eigenvalue weighted by Gasteiger charge is 2.22. The van der Waals surface area contributed by atoms with Crippen LogP contribution in [0.4, 0.5) is 0 Å². The van der Waals surface area contributed by atoms with Crippen LogP contribution in [0.2, 0.25) is 0 Å². The lowest BCUT2D eigenvalue weighted by atomic mass is 9.88. The Morgan fingerprint density at radius 2 is 1.65 bits per heavy atom. The predicted molar refractivity (Wildman–Crippen MR) is 71.3 cm³/mol. The van der Waals surface area contributed by atoms with Crippen molar-refractivity contribution in [2.45, 2.75) is 52.4 Å². The van der Waals surface area contributed by atoms with E-state index in [0.717, 1.165) is 16.9 Å². The molecule has 2 aromatic rings. The fourth-order valence-corrected chi connectivity index (χ4v) is 1.83. The van der Waals surface area contributed by atoms with Gasteiger partial charge in [-0.3, -0.25) is 4.98 Å². The summed E-state index contributed by atoms with van der Waals surface area (Å²) in [5.41, 5.74) is 4.25. The number of aromatic nitrogens is 3. The van der Waals surface area contributed by atoms with E-state index in [0.29, 0.717) is 0 Å². The molecule has 0 aromatic carbocycles. The summed E-state index contributed by atoms with van der Waals surface area (Å²) >= 11 is 0. The molecule has 3 nitrogen and oxygen atoms in total. The molecule has 92 valence electrons. The summed E-state index contributed by atoms with van der Waals surface area (Å²) in [5.74, 6) is 0. The topological polar surface area (TPSA) is 41.6 Å². The molecule has 0 spiro atoms. The molecule has 3 heteroatoms. The Hall–Kier alpha value is -1.38. The van der Waals surface area contributed by atoms with Crippen LogP contribution in [0.1, 0.15) is 52.8 Å². The molecule has 2 aromatic heterocycles. The van der Waals surface area contributed by atoms with Gasteiger partial charge in [-0.05, 0) is 5.41 Å². The molecule has 2 rings (SSSR count). The van der Waals surface area contributed by atoms with Crippen LogP contribution in [0, 0.1) is 0 Å². The van der Waals surface area contributed by atoms with Crippen LogP contribution in [-0.4, -0.2) is 15.0 Å². The molecule has 0 aliphatic carbocycles. The van der Waals surface area contributed by atoms with Gasteiger partial charge in [-0.15, -0.1) is 0 Å². The molecule has 0 amide bonds. The van der Waals surface area contributed by atoms with Gasteiger partial charge in [0, 0.05) is 23.4 Å². The monoisotopic (exact) mass is 231 g/mol. The van der Waals surface area contributed by atoms with E-state index in [-0.39, 0.29) is 10.8 Å². The van der Waals surface area contributed by atoms with Gasteiger partial charge >= 0.3 is 0 Å². The van der Waals surface area contributed by atoms with Gasteiger partial charge in [0.2, 0.25) is 0 Å². The minimum absolute atomic E-state index is 0.0359. The summed E-state index contributed by atoms with van der Waals surface area (Å²) in [4.78, 5) is 12.5. The number of rotatable bonds is 0. The zero-order valence-corrected chi connectivity index (χ0v) is 11.5. The molecule has 0 radical (unpaired) electrons. The average molecular weight is 231 g/mol. The number of H-pyrrole nitrogens is 1. The van der Waals surface area contributed by atoms with Crippen LogP contribution in [0.3, 0.4) is 0 Å². The van der Waals surface area contributed by atoms with Gasteiger partial charge in [-0.1, -0.05) is 41.5 Å². The van der Waals surface area contributed by atoms with Crippen molar-refractivity contribution in [1.29, 1.82) is 0 Å². The molecule has 0 aliphatic rings. The highest BCUT2D eigenvalue weighted by atomic mass is 14.9. The SMILES string of the molecule is CC(C)(C)c1cnc2c(C(C)(C)C)c[nH]c2n1. The highest BCUT2D eigenvalue weighted by Crippen LogP contribution is 2.29. The zero-order chi connectivity index (χ0) is 12.8. The van der Waals surface area contributed by atoms with Crippen molar-refractivity contribution in [3.8, 4) is 0 Å². The maximum Gasteiger partial charge on any atom is 0.156 e. The van der Waals surface area contributed by atoms with E-state index in [4.69, 9.17) is 0 Å². The van der Waals surface area contributed by atoms with Gasteiger partial charge in [-0.2, -0.15) is 0 Å². The molecule has 0 bridgehead atoms. The Morgan fingerprint density at radius 3 is 2.18 bits per heavy atom. The number of fused-ring (bicyclic) bond motifs is 1. The first-order valence-electron chi connectivity index (χ1n) is 6.05. The normalized spacial score (nSPS) is 13.3. The standard InChI is InChI=1S/C14H21N3/c1-13(2,3)9-7-16-12-11(9)15-8-10(17-12)14(4,5)6/h7-8H,1-6H3,(H,16,17). The first kappa shape index (κ1) is 12.1. The first-order valence-corrected chi connectivity index (χ1v) is 6.05. The molecule has 2 heterocycles. The fourth-order valence-electron chi connectivity index (χ4n) is 1.83. The van der Waals surface area contributed by atoms with Crippen LogP contribution in [0.5, 0.6) is 0 Å². The van der Waals surface area contributed by atoms with Crippen molar-refractivity contribution in [2.75, 3.05) is 0 Å². The summed E-state index contributed by atoms with van der Waals surface area (Å²) in [7, 11) is 0. The van der Waals surface area contributed by atoms with Gasteiger partial charge in [0.05, 0.1) is 5.69 Å². The molecular formula is C14H21N3. The Bertz CT molecular complexity index is 539. The summed E-state index contributed by atoms with van der Waals surface area (Å²) < 4.78 is 0. The van der Waals surface area contributed by atoms with Crippen LogP contribution in [0.25, 0.3) is 11.2 Å². The van der Waals surface area contributed by atoms with E-state index in [1.807, 2.05) is 12.4 Å². The molecule has 1 N–H and O–H groups in total. The number of hydrogen-bond acceptors (Lipinski definition) is 2. The largest absolute Gasteiger partial charge is 0.344 e. The molecule has 17 heavy (non-hydrogen) atoms. The fraction of sp³-hybridized carbons (Fsp3) is 0.571. The van der Waals surface area contributed by atoms with Gasteiger partial charge in [-0.25, -0.2) is 4.98 Å². The lowest BCUT2D eigenvalue weighted by molar-refractivity contribution is 0.568. The molecule has 0 saturated heterocycles. The van der Waals surface area contributed by atoms with Crippen molar-refractivity contribution in [3.63, 3.8) is 0 Å². The van der Waals surface area contributed by atoms with E-state index in [1.165, 1.54) is 5.56 Å². The van der Waals surface area contributed by atoms with Crippen molar-refractivity contribution >= 4 is 11.2 Å². The molecule has 0 saturated carbocycles. The van der Waals surface area contributed by atoms with Gasteiger partial charge in [0.15, 0.2) is 5.65 Å². The number of aromatic amines is 1. The Balaban J connectivity index is 2.61. The average Bonchev–Trinajstić information content (AvgIpc) is 2.57. The number of nitrogens with zero attached hydrogens (tertiary/aromatic N) is 2. The molecular weight excluding hydrogens is 210 g/mol. The van der Waals surface area contributed by atoms with Crippen LogP contribution in [-0.2, 0) is 10.8 Å². The maximum atomic E-state index is 4.66. The minimum Gasteiger partial charge on any atom is -0.344 e. The van der Waals surface area contributed by atoms with E-state index in [2.05, 4.69) is 56.5 Å². The minimum atomic E-state index is 0.0359. The Morgan fingerprint density at radius 1 is 1.00 bits per heavy atom. The number of nitrogens with one attached hydrogen (secondary N) is 1. The molecule has 0 aliphatic heterocycles. The smallest absolute Gasteiger partial charge is 0.156 e. The second-order valence-electron chi connectivity index (χ2n) is 6.65. The van der Waals surface area contributed by atoms with Gasteiger partial charge < -0.3 is 4.98 Å². The second-order valence-corrected chi connectivity index (χ2v) is 6.65. The van der Waals surface area contributed by atoms with Crippen molar-refractivity contribution in [2.24, 2.45) is 0 Å². The molecule has 0 atom stereocenters. The van der Waals surface area contributed by atoms with Gasteiger partial charge in [0.1, 0.15) is 5.52 Å². The van der Waals surface area contributed by atoms with E-state index >= 15 is 0 Å². The molecule has 0 fully saturated rings. The summed E-state index contributed by atoms with van der Waals surface area (Å²) in [6.45, 7) is 13.0. The third-order valence-electron chi connectivity index (χ3n) is 2.96. The summed E-state index contributed by atoms with van der Waals surface area (Å²) in [6.07, 6.45) is 3.92. The van der Waals surface area contributed by atoms with Crippen LogP contribution in [0.15, 0.2) is 12.4 Å². The molecule has 0 unspecified atom stereocenters. The van der Waals surface area contributed by atoms with E-state index in [9.17, 15) is 0 Å². The lowest BCUT2D eigenvalue weighted by Crippen LogP contribution is -2.14. The Labute approximate surface area is 103 Å². The third kappa shape index (κ3) is 2.19. The highest BCUT2D eigenvalue weighted by molar-refractivity contribution is 5.76. The summed E-state index contributed by atoms with van der Waals surface area (Å²) in [5, 5.41) is 0. The summed E-state index contributed by atoms with van der Waals surface area (Å²) in [6, 6.07) is 0. The first-order chi connectivity index (χ1) is 7.69.